The number of carbonyl (C=O) groups excluding carboxylic acids is 1. The van der Waals surface area contributed by atoms with Crippen molar-refractivity contribution in [3.05, 3.63) is 29.8 Å². The lowest BCUT2D eigenvalue weighted by Crippen LogP contribution is -2.49. The molecule has 1 aliphatic rings. The second kappa shape index (κ2) is 6.50. The normalized spacial score (nSPS) is 16.2. The van der Waals surface area contributed by atoms with Gasteiger partial charge in [-0.05, 0) is 23.5 Å². The van der Waals surface area contributed by atoms with Gasteiger partial charge in [0.05, 0.1) is 0 Å². The predicted octanol–water partition coefficient (Wildman–Crippen LogP) is 3.43. The summed E-state index contributed by atoms with van der Waals surface area (Å²) in [6.07, 6.45) is 1.62. The standard InChI is InChI=1S/C18H28N2O/c1-5-8-17(21)20-13-11-19(12-14-20)16-10-7-6-9-15(16)18(2,3)4/h6-7,9-10H,5,8,11-14H2,1-4H3. The predicted molar refractivity (Wildman–Crippen MR) is 88.8 cm³/mol. The Bertz CT molecular complexity index is 482. The molecule has 1 fully saturated rings. The highest BCUT2D eigenvalue weighted by Gasteiger charge is 2.25. The van der Waals surface area contributed by atoms with E-state index in [4.69, 9.17) is 0 Å². The Hall–Kier alpha value is -1.51. The van der Waals surface area contributed by atoms with E-state index < -0.39 is 0 Å². The van der Waals surface area contributed by atoms with Crippen LogP contribution in [-0.4, -0.2) is 37.0 Å². The average molecular weight is 288 g/mol. The van der Waals surface area contributed by atoms with Gasteiger partial charge in [-0.1, -0.05) is 45.9 Å². The second-order valence-electron chi connectivity index (χ2n) is 6.88. The van der Waals surface area contributed by atoms with Crippen LogP contribution in [0.1, 0.15) is 46.1 Å². The lowest BCUT2D eigenvalue weighted by atomic mass is 9.85. The fourth-order valence-corrected chi connectivity index (χ4v) is 2.95. The molecule has 0 atom stereocenters. The summed E-state index contributed by atoms with van der Waals surface area (Å²) in [5, 5.41) is 0. The van der Waals surface area contributed by atoms with Gasteiger partial charge in [-0.25, -0.2) is 0 Å². The first-order chi connectivity index (χ1) is 9.93. The van der Waals surface area contributed by atoms with Crippen LogP contribution in [0, 0.1) is 0 Å². The third-order valence-corrected chi connectivity index (χ3v) is 4.15. The highest BCUT2D eigenvalue weighted by molar-refractivity contribution is 5.76. The molecule has 0 aromatic heterocycles. The molecule has 1 aromatic rings. The molecule has 0 unspecified atom stereocenters. The molecule has 1 aliphatic heterocycles. The van der Waals surface area contributed by atoms with Crippen LogP contribution in [0.2, 0.25) is 0 Å². The Morgan fingerprint density at radius 1 is 1.10 bits per heavy atom. The van der Waals surface area contributed by atoms with E-state index in [2.05, 4.69) is 56.9 Å². The molecule has 0 bridgehead atoms. The van der Waals surface area contributed by atoms with Crippen LogP contribution < -0.4 is 4.90 Å². The van der Waals surface area contributed by atoms with Gasteiger partial charge in [-0.15, -0.1) is 0 Å². The maximum absolute atomic E-state index is 12.0. The van der Waals surface area contributed by atoms with Crippen molar-refractivity contribution in [2.75, 3.05) is 31.1 Å². The van der Waals surface area contributed by atoms with Crippen LogP contribution in [0.3, 0.4) is 0 Å². The van der Waals surface area contributed by atoms with E-state index in [-0.39, 0.29) is 5.41 Å². The van der Waals surface area contributed by atoms with E-state index in [9.17, 15) is 4.79 Å². The summed E-state index contributed by atoms with van der Waals surface area (Å²) in [7, 11) is 0. The lowest BCUT2D eigenvalue weighted by molar-refractivity contribution is -0.131. The highest BCUT2D eigenvalue weighted by atomic mass is 16.2. The van der Waals surface area contributed by atoms with Gasteiger partial charge in [0, 0.05) is 38.3 Å². The summed E-state index contributed by atoms with van der Waals surface area (Å²) in [4.78, 5) is 16.4. The number of nitrogens with zero attached hydrogens (tertiary/aromatic N) is 2. The summed E-state index contributed by atoms with van der Waals surface area (Å²) in [5.74, 6) is 0.307. The van der Waals surface area contributed by atoms with Crippen molar-refractivity contribution < 1.29 is 4.79 Å². The summed E-state index contributed by atoms with van der Waals surface area (Å²) in [6.45, 7) is 12.4. The van der Waals surface area contributed by atoms with E-state index in [0.29, 0.717) is 12.3 Å². The summed E-state index contributed by atoms with van der Waals surface area (Å²) in [5.41, 5.74) is 2.86. The molecule has 1 saturated heterocycles. The Morgan fingerprint density at radius 3 is 2.29 bits per heavy atom. The Labute approximate surface area is 128 Å². The topological polar surface area (TPSA) is 23.6 Å². The number of hydrogen-bond acceptors (Lipinski definition) is 2. The number of amides is 1. The zero-order valence-corrected chi connectivity index (χ0v) is 13.9. The van der Waals surface area contributed by atoms with Gasteiger partial charge in [-0.2, -0.15) is 0 Å². The van der Waals surface area contributed by atoms with Crippen LogP contribution in [0.5, 0.6) is 0 Å². The van der Waals surface area contributed by atoms with Crippen molar-refractivity contribution in [1.29, 1.82) is 0 Å². The van der Waals surface area contributed by atoms with E-state index in [0.717, 1.165) is 32.6 Å². The number of piperazine rings is 1. The van der Waals surface area contributed by atoms with E-state index >= 15 is 0 Å². The number of benzene rings is 1. The van der Waals surface area contributed by atoms with Crippen LogP contribution >= 0.6 is 0 Å². The molecule has 1 amide bonds. The fraction of sp³-hybridized carbons (Fsp3) is 0.611. The molecule has 3 heteroatoms. The Balaban J connectivity index is 2.08. The van der Waals surface area contributed by atoms with Crippen molar-refractivity contribution in [2.45, 2.75) is 46.0 Å². The molecule has 1 aromatic carbocycles. The van der Waals surface area contributed by atoms with Gasteiger partial charge in [0.15, 0.2) is 0 Å². The molecule has 1 heterocycles. The zero-order chi connectivity index (χ0) is 15.5. The first-order valence-electron chi connectivity index (χ1n) is 8.05. The molecule has 0 aliphatic carbocycles. The molecule has 0 spiro atoms. The number of para-hydroxylation sites is 1. The summed E-state index contributed by atoms with van der Waals surface area (Å²) < 4.78 is 0. The second-order valence-corrected chi connectivity index (χ2v) is 6.88. The fourth-order valence-electron chi connectivity index (χ4n) is 2.95. The minimum atomic E-state index is 0.145. The molecular formula is C18H28N2O. The highest BCUT2D eigenvalue weighted by Crippen LogP contribution is 2.32. The number of rotatable bonds is 3. The molecule has 0 N–H and O–H groups in total. The van der Waals surface area contributed by atoms with E-state index in [1.807, 2.05) is 4.90 Å². The molecule has 21 heavy (non-hydrogen) atoms. The SMILES string of the molecule is CCCC(=O)N1CCN(c2ccccc2C(C)(C)C)CC1. The van der Waals surface area contributed by atoms with Crippen molar-refractivity contribution >= 4 is 11.6 Å². The molecule has 0 saturated carbocycles. The van der Waals surface area contributed by atoms with E-state index in [1.54, 1.807) is 0 Å². The lowest BCUT2D eigenvalue weighted by Gasteiger charge is -2.38. The monoisotopic (exact) mass is 288 g/mol. The van der Waals surface area contributed by atoms with Crippen LogP contribution in [0.15, 0.2) is 24.3 Å². The van der Waals surface area contributed by atoms with Gasteiger partial charge in [0.25, 0.3) is 0 Å². The maximum Gasteiger partial charge on any atom is 0.222 e. The van der Waals surface area contributed by atoms with Gasteiger partial charge < -0.3 is 9.80 Å². The largest absolute Gasteiger partial charge is 0.368 e. The molecule has 0 radical (unpaired) electrons. The molecule has 2 rings (SSSR count). The smallest absolute Gasteiger partial charge is 0.222 e. The number of carbonyl (C=O) groups is 1. The first kappa shape index (κ1) is 15.9. The van der Waals surface area contributed by atoms with Crippen molar-refractivity contribution in [2.24, 2.45) is 0 Å². The van der Waals surface area contributed by atoms with Crippen molar-refractivity contribution in [1.82, 2.24) is 4.90 Å². The van der Waals surface area contributed by atoms with Gasteiger partial charge in [0.1, 0.15) is 0 Å². The molecule has 3 nitrogen and oxygen atoms in total. The average Bonchev–Trinajstić information content (AvgIpc) is 2.47. The minimum Gasteiger partial charge on any atom is -0.368 e. The molecular weight excluding hydrogens is 260 g/mol. The minimum absolute atomic E-state index is 0.145. The van der Waals surface area contributed by atoms with Crippen molar-refractivity contribution in [3.63, 3.8) is 0 Å². The summed E-state index contributed by atoms with van der Waals surface area (Å²) >= 11 is 0. The van der Waals surface area contributed by atoms with E-state index in [1.165, 1.54) is 11.3 Å². The first-order valence-corrected chi connectivity index (χ1v) is 8.05. The Kier molecular flexibility index (Phi) is 4.92. The zero-order valence-electron chi connectivity index (χ0n) is 13.9. The number of anilines is 1. The van der Waals surface area contributed by atoms with Crippen LogP contribution in [0.4, 0.5) is 5.69 Å². The van der Waals surface area contributed by atoms with Crippen molar-refractivity contribution in [3.8, 4) is 0 Å². The Morgan fingerprint density at radius 2 is 1.71 bits per heavy atom. The van der Waals surface area contributed by atoms with Gasteiger partial charge in [0.2, 0.25) is 5.91 Å². The van der Waals surface area contributed by atoms with Gasteiger partial charge in [-0.3, -0.25) is 4.79 Å². The van der Waals surface area contributed by atoms with Crippen LogP contribution in [-0.2, 0) is 10.2 Å². The maximum atomic E-state index is 12.0. The molecule has 116 valence electrons. The third kappa shape index (κ3) is 3.78. The third-order valence-electron chi connectivity index (χ3n) is 4.15. The quantitative estimate of drug-likeness (QED) is 0.850. The van der Waals surface area contributed by atoms with Gasteiger partial charge >= 0.3 is 0 Å². The summed E-state index contributed by atoms with van der Waals surface area (Å²) in [6, 6.07) is 8.67. The number of hydrogen-bond donors (Lipinski definition) is 0. The van der Waals surface area contributed by atoms with Crippen LogP contribution in [0.25, 0.3) is 0 Å².